The Morgan fingerprint density at radius 3 is 2.77 bits per heavy atom. The Kier molecular flexibility index (Phi) is 1.84. The normalized spacial score (nSPS) is 26.2. The molecule has 1 nitrogen and oxygen atoms in total. The highest BCUT2D eigenvalue weighted by molar-refractivity contribution is 9.10. The fourth-order valence-corrected chi connectivity index (χ4v) is 2.34. The van der Waals surface area contributed by atoms with Crippen molar-refractivity contribution in [2.45, 2.75) is 24.6 Å². The van der Waals surface area contributed by atoms with Crippen LogP contribution in [0.2, 0.25) is 0 Å². The fraction of sp³-hybridized carbons (Fsp3) is 0.364. The Hall–Kier alpha value is -0.630. The van der Waals surface area contributed by atoms with Crippen LogP contribution in [0.4, 0.5) is 0 Å². The summed E-state index contributed by atoms with van der Waals surface area (Å²) < 4.78 is -0.374. The van der Waals surface area contributed by atoms with Crippen molar-refractivity contribution in [2.24, 2.45) is 0 Å². The van der Waals surface area contributed by atoms with Gasteiger partial charge in [0.25, 0.3) is 0 Å². The predicted molar refractivity (Wildman–Crippen MR) is 56.5 cm³/mol. The maximum atomic E-state index is 11.8. The number of Topliss-reactive ketones (excluding diaryl/α,β-unsaturated/α-hetero) is 1. The van der Waals surface area contributed by atoms with E-state index in [1.54, 1.807) is 0 Å². The Morgan fingerprint density at radius 2 is 2.15 bits per heavy atom. The first-order chi connectivity index (χ1) is 6.02. The van der Waals surface area contributed by atoms with Gasteiger partial charge in [-0.3, -0.25) is 4.79 Å². The van der Waals surface area contributed by atoms with Crippen molar-refractivity contribution < 1.29 is 4.79 Å². The summed E-state index contributed by atoms with van der Waals surface area (Å²) >= 11 is 3.47. The predicted octanol–water partition coefficient (Wildman–Crippen LogP) is 2.89. The average Bonchev–Trinajstić information content (AvgIpc) is 2.28. The highest BCUT2D eigenvalue weighted by Gasteiger charge is 2.39. The van der Waals surface area contributed by atoms with Crippen LogP contribution in [-0.2, 0) is 6.42 Å². The lowest BCUT2D eigenvalue weighted by Crippen LogP contribution is -2.23. The van der Waals surface area contributed by atoms with Crippen molar-refractivity contribution in [3.8, 4) is 0 Å². The molecule has 0 radical (unpaired) electrons. The van der Waals surface area contributed by atoms with Gasteiger partial charge in [-0.25, -0.2) is 0 Å². The molecule has 0 heterocycles. The number of halogens is 1. The molecule has 0 fully saturated rings. The second kappa shape index (κ2) is 2.68. The zero-order chi connectivity index (χ0) is 9.64. The zero-order valence-corrected chi connectivity index (χ0v) is 9.31. The van der Waals surface area contributed by atoms with Gasteiger partial charge in [0.15, 0.2) is 5.78 Å². The van der Waals surface area contributed by atoms with Crippen molar-refractivity contribution in [1.29, 1.82) is 0 Å². The van der Waals surface area contributed by atoms with Crippen LogP contribution >= 0.6 is 15.9 Å². The third kappa shape index (κ3) is 1.24. The highest BCUT2D eigenvalue weighted by Crippen LogP contribution is 2.37. The van der Waals surface area contributed by atoms with Crippen molar-refractivity contribution >= 4 is 21.7 Å². The molecule has 0 saturated heterocycles. The van der Waals surface area contributed by atoms with Gasteiger partial charge in [0.1, 0.15) is 0 Å². The number of carbonyl (C=O) groups excluding carboxylic acids is 1. The smallest absolute Gasteiger partial charge is 0.179 e. The molecule has 0 N–H and O–H groups in total. The fourth-order valence-electron chi connectivity index (χ4n) is 1.84. The second-order valence-corrected chi connectivity index (χ2v) is 5.55. The number of hydrogen-bond donors (Lipinski definition) is 0. The third-order valence-electron chi connectivity index (χ3n) is 2.64. The van der Waals surface area contributed by atoms with Gasteiger partial charge < -0.3 is 0 Å². The van der Waals surface area contributed by atoms with Crippen LogP contribution in [0, 0.1) is 6.92 Å². The Labute approximate surface area is 86.3 Å². The molecule has 1 aliphatic carbocycles. The van der Waals surface area contributed by atoms with E-state index in [1.807, 2.05) is 19.1 Å². The van der Waals surface area contributed by atoms with Crippen LogP contribution in [0.3, 0.4) is 0 Å². The molecule has 1 aromatic carbocycles. The summed E-state index contributed by atoms with van der Waals surface area (Å²) in [7, 11) is 0. The second-order valence-electron chi connectivity index (χ2n) is 3.80. The summed E-state index contributed by atoms with van der Waals surface area (Å²) in [5.74, 6) is 0.214. The first-order valence-corrected chi connectivity index (χ1v) is 5.14. The number of benzene rings is 1. The lowest BCUT2D eigenvalue weighted by molar-refractivity contribution is 0.0968. The van der Waals surface area contributed by atoms with E-state index in [1.165, 1.54) is 11.1 Å². The summed E-state index contributed by atoms with van der Waals surface area (Å²) in [5.41, 5.74) is 3.31. The first-order valence-electron chi connectivity index (χ1n) is 4.34. The number of aryl methyl sites for hydroxylation is 1. The van der Waals surface area contributed by atoms with Crippen LogP contribution in [-0.4, -0.2) is 10.1 Å². The molecular weight excluding hydrogens is 228 g/mol. The van der Waals surface area contributed by atoms with E-state index in [0.717, 1.165) is 12.0 Å². The van der Waals surface area contributed by atoms with E-state index in [-0.39, 0.29) is 10.1 Å². The molecule has 0 aromatic heterocycles. The topological polar surface area (TPSA) is 17.1 Å². The minimum Gasteiger partial charge on any atom is -0.293 e. The maximum absolute atomic E-state index is 11.8. The molecule has 1 unspecified atom stereocenters. The van der Waals surface area contributed by atoms with E-state index in [2.05, 4.69) is 28.9 Å². The standard InChI is InChI=1S/C11H11BrO/c1-7-4-3-5-8-9(7)6-11(2,12)10(8)13/h3-5H,6H2,1-2H3. The van der Waals surface area contributed by atoms with Crippen molar-refractivity contribution in [2.75, 3.05) is 0 Å². The monoisotopic (exact) mass is 238 g/mol. The van der Waals surface area contributed by atoms with Gasteiger partial charge in [-0.05, 0) is 31.4 Å². The van der Waals surface area contributed by atoms with Gasteiger partial charge in [-0.1, -0.05) is 34.1 Å². The Balaban J connectivity index is 2.63. The zero-order valence-electron chi connectivity index (χ0n) is 7.73. The molecule has 1 atom stereocenters. The summed E-state index contributed by atoms with van der Waals surface area (Å²) in [5, 5.41) is 0. The molecule has 1 aromatic rings. The molecule has 0 spiro atoms. The molecule has 13 heavy (non-hydrogen) atoms. The van der Waals surface area contributed by atoms with E-state index < -0.39 is 0 Å². The van der Waals surface area contributed by atoms with E-state index in [9.17, 15) is 4.79 Å². The van der Waals surface area contributed by atoms with Crippen LogP contribution in [0.25, 0.3) is 0 Å². The van der Waals surface area contributed by atoms with Crippen LogP contribution in [0.1, 0.15) is 28.4 Å². The molecule has 0 aliphatic heterocycles. The highest BCUT2D eigenvalue weighted by atomic mass is 79.9. The van der Waals surface area contributed by atoms with Crippen molar-refractivity contribution in [3.05, 3.63) is 34.9 Å². The van der Waals surface area contributed by atoms with Crippen LogP contribution in [0.5, 0.6) is 0 Å². The summed E-state index contributed by atoms with van der Waals surface area (Å²) in [6.07, 6.45) is 0.813. The number of ketones is 1. The number of rotatable bonds is 0. The van der Waals surface area contributed by atoms with Gasteiger partial charge in [0.2, 0.25) is 0 Å². The van der Waals surface area contributed by atoms with Gasteiger partial charge in [0.05, 0.1) is 4.32 Å². The summed E-state index contributed by atoms with van der Waals surface area (Å²) in [4.78, 5) is 11.8. The van der Waals surface area contributed by atoms with Gasteiger partial charge in [0, 0.05) is 5.56 Å². The lowest BCUT2D eigenvalue weighted by atomic mass is 10.0. The minimum absolute atomic E-state index is 0.214. The molecule has 0 amide bonds. The Bertz CT molecular complexity index is 380. The number of carbonyl (C=O) groups is 1. The average molecular weight is 239 g/mol. The molecule has 2 heteroatoms. The molecule has 2 rings (SSSR count). The van der Waals surface area contributed by atoms with E-state index >= 15 is 0 Å². The molecule has 0 bridgehead atoms. The number of fused-ring (bicyclic) bond motifs is 1. The van der Waals surface area contributed by atoms with Crippen molar-refractivity contribution in [1.82, 2.24) is 0 Å². The van der Waals surface area contributed by atoms with E-state index in [0.29, 0.717) is 0 Å². The molecule has 1 aliphatic rings. The maximum Gasteiger partial charge on any atom is 0.179 e. The minimum atomic E-state index is -0.374. The SMILES string of the molecule is Cc1cccc2c1CC(C)(Br)C2=O. The largest absolute Gasteiger partial charge is 0.293 e. The lowest BCUT2D eigenvalue weighted by Gasteiger charge is -2.10. The summed E-state index contributed by atoms with van der Waals surface area (Å²) in [6, 6.07) is 5.91. The number of alkyl halides is 1. The van der Waals surface area contributed by atoms with Gasteiger partial charge in [-0.2, -0.15) is 0 Å². The number of hydrogen-bond acceptors (Lipinski definition) is 1. The Morgan fingerprint density at radius 1 is 1.46 bits per heavy atom. The van der Waals surface area contributed by atoms with E-state index in [4.69, 9.17) is 0 Å². The molecule has 0 saturated carbocycles. The summed E-state index contributed by atoms with van der Waals surface area (Å²) in [6.45, 7) is 4.00. The molecule has 68 valence electrons. The first kappa shape index (κ1) is 8.95. The van der Waals surface area contributed by atoms with Crippen molar-refractivity contribution in [3.63, 3.8) is 0 Å². The third-order valence-corrected chi connectivity index (χ3v) is 3.28. The van der Waals surface area contributed by atoms with Crippen LogP contribution < -0.4 is 0 Å². The van der Waals surface area contributed by atoms with Gasteiger partial charge >= 0.3 is 0 Å². The van der Waals surface area contributed by atoms with Crippen LogP contribution in [0.15, 0.2) is 18.2 Å². The molecular formula is C11H11BrO. The quantitative estimate of drug-likeness (QED) is 0.636. The van der Waals surface area contributed by atoms with Gasteiger partial charge in [-0.15, -0.1) is 0 Å².